The molecule has 1 aliphatic rings. The zero-order valence-corrected chi connectivity index (χ0v) is 14.0. The van der Waals surface area contributed by atoms with Gasteiger partial charge in [0.2, 0.25) is 0 Å². The van der Waals surface area contributed by atoms with Crippen LogP contribution < -0.4 is 4.74 Å². The van der Waals surface area contributed by atoms with Gasteiger partial charge in [-0.2, -0.15) is 0 Å². The minimum Gasteiger partial charge on any atom is -0.507 e. The van der Waals surface area contributed by atoms with Crippen LogP contribution >= 0.6 is 31.9 Å². The third-order valence-corrected chi connectivity index (χ3v) is 4.49. The van der Waals surface area contributed by atoms with Crippen molar-refractivity contribution in [2.45, 2.75) is 51.4 Å². The van der Waals surface area contributed by atoms with E-state index >= 15 is 0 Å². The zero-order valence-electron chi connectivity index (χ0n) is 10.9. The quantitative estimate of drug-likeness (QED) is 0.732. The highest BCUT2D eigenvalue weighted by molar-refractivity contribution is 9.11. The van der Waals surface area contributed by atoms with Crippen LogP contribution in [0.25, 0.3) is 0 Å². The number of rotatable bonds is 4. The van der Waals surface area contributed by atoms with E-state index in [1.807, 2.05) is 6.92 Å². The fourth-order valence-electron chi connectivity index (χ4n) is 2.29. The lowest BCUT2D eigenvalue weighted by atomic mass is 9.98. The highest BCUT2D eigenvalue weighted by Gasteiger charge is 2.18. The van der Waals surface area contributed by atoms with E-state index in [1.165, 1.54) is 19.3 Å². The fourth-order valence-corrected chi connectivity index (χ4v) is 3.37. The summed E-state index contributed by atoms with van der Waals surface area (Å²) >= 11 is 6.67. The molecule has 1 atom stereocenters. The Balaban J connectivity index is 1.94. The van der Waals surface area contributed by atoms with Crippen molar-refractivity contribution < 1.29 is 14.6 Å². The molecule has 106 valence electrons. The Morgan fingerprint density at radius 2 is 1.84 bits per heavy atom. The van der Waals surface area contributed by atoms with Crippen molar-refractivity contribution in [2.75, 3.05) is 0 Å². The molecule has 19 heavy (non-hydrogen) atoms. The molecular formula is C14H18Br2O3. The standard InChI is InChI=1S/C14H18Br2O3/c1-9(18-10-5-3-2-4-6-10)19-14-8-13(17)11(15)7-12(14)16/h7-10,17H,2-6H2,1H3. The molecule has 1 aromatic rings. The van der Waals surface area contributed by atoms with Crippen LogP contribution in [0.5, 0.6) is 11.5 Å². The van der Waals surface area contributed by atoms with Crippen molar-refractivity contribution in [3.63, 3.8) is 0 Å². The summed E-state index contributed by atoms with van der Waals surface area (Å²) in [6.07, 6.45) is 5.98. The normalized spacial score (nSPS) is 18.3. The Hall–Kier alpha value is -0.260. The summed E-state index contributed by atoms with van der Waals surface area (Å²) in [6.45, 7) is 1.89. The van der Waals surface area contributed by atoms with Crippen molar-refractivity contribution in [3.05, 3.63) is 21.1 Å². The maximum absolute atomic E-state index is 9.67. The van der Waals surface area contributed by atoms with Gasteiger partial charge in [-0.05, 0) is 57.7 Å². The number of hydrogen-bond acceptors (Lipinski definition) is 3. The van der Waals surface area contributed by atoms with Crippen LogP contribution in [0.4, 0.5) is 0 Å². The second-order valence-electron chi connectivity index (χ2n) is 4.82. The van der Waals surface area contributed by atoms with E-state index in [4.69, 9.17) is 9.47 Å². The lowest BCUT2D eigenvalue weighted by molar-refractivity contribution is -0.117. The second kappa shape index (κ2) is 6.95. The summed E-state index contributed by atoms with van der Waals surface area (Å²) in [7, 11) is 0. The van der Waals surface area contributed by atoms with Crippen LogP contribution in [-0.4, -0.2) is 17.5 Å². The van der Waals surface area contributed by atoms with Crippen LogP contribution in [0, 0.1) is 0 Å². The molecule has 1 aromatic carbocycles. The van der Waals surface area contributed by atoms with Gasteiger partial charge in [0.1, 0.15) is 11.5 Å². The lowest BCUT2D eigenvalue weighted by Gasteiger charge is -2.26. The fraction of sp³-hybridized carbons (Fsp3) is 0.571. The number of ether oxygens (including phenoxy) is 2. The van der Waals surface area contributed by atoms with Crippen LogP contribution in [0.2, 0.25) is 0 Å². The number of hydrogen-bond donors (Lipinski definition) is 1. The predicted octanol–water partition coefficient (Wildman–Crippen LogP) is 4.99. The summed E-state index contributed by atoms with van der Waals surface area (Å²) in [5, 5.41) is 9.67. The Bertz CT molecular complexity index is 431. The molecule has 0 heterocycles. The third kappa shape index (κ3) is 4.36. The first-order valence-corrected chi connectivity index (χ1v) is 8.15. The van der Waals surface area contributed by atoms with Gasteiger partial charge in [0.05, 0.1) is 15.0 Å². The van der Waals surface area contributed by atoms with Gasteiger partial charge < -0.3 is 14.6 Å². The molecule has 0 aliphatic heterocycles. The third-order valence-electron chi connectivity index (χ3n) is 3.23. The largest absolute Gasteiger partial charge is 0.507 e. The highest BCUT2D eigenvalue weighted by Crippen LogP contribution is 2.36. The van der Waals surface area contributed by atoms with E-state index in [2.05, 4.69) is 31.9 Å². The van der Waals surface area contributed by atoms with Gasteiger partial charge in [-0.15, -0.1) is 0 Å². The van der Waals surface area contributed by atoms with Crippen LogP contribution in [0.1, 0.15) is 39.0 Å². The molecule has 1 unspecified atom stereocenters. The van der Waals surface area contributed by atoms with Gasteiger partial charge in [-0.25, -0.2) is 0 Å². The number of phenolic OH excluding ortho intramolecular Hbond substituents is 1. The zero-order chi connectivity index (χ0) is 13.8. The van der Waals surface area contributed by atoms with E-state index in [-0.39, 0.29) is 12.0 Å². The van der Waals surface area contributed by atoms with Gasteiger partial charge >= 0.3 is 0 Å². The second-order valence-corrected chi connectivity index (χ2v) is 6.52. The molecule has 2 rings (SSSR count). The molecule has 0 saturated heterocycles. The minimum absolute atomic E-state index is 0.156. The molecule has 0 spiro atoms. The molecule has 0 radical (unpaired) electrons. The maximum Gasteiger partial charge on any atom is 0.197 e. The highest BCUT2D eigenvalue weighted by atomic mass is 79.9. The number of phenols is 1. The molecular weight excluding hydrogens is 376 g/mol. The number of aromatic hydroxyl groups is 1. The molecule has 1 N–H and O–H groups in total. The molecule has 1 saturated carbocycles. The minimum atomic E-state index is -0.319. The van der Waals surface area contributed by atoms with E-state index in [0.29, 0.717) is 16.3 Å². The maximum atomic E-state index is 9.67. The van der Waals surface area contributed by atoms with Crippen LogP contribution in [0.3, 0.4) is 0 Å². The summed E-state index contributed by atoms with van der Waals surface area (Å²) < 4.78 is 13.0. The summed E-state index contributed by atoms with van der Waals surface area (Å²) in [5.74, 6) is 0.743. The molecule has 3 nitrogen and oxygen atoms in total. The van der Waals surface area contributed by atoms with Gasteiger partial charge in [0, 0.05) is 6.07 Å². The average Bonchev–Trinajstić information content (AvgIpc) is 2.37. The first-order valence-electron chi connectivity index (χ1n) is 6.56. The lowest BCUT2D eigenvalue weighted by Crippen LogP contribution is -2.26. The first kappa shape index (κ1) is 15.1. The molecule has 0 aromatic heterocycles. The molecule has 1 aliphatic carbocycles. The number of halogens is 2. The molecule has 0 bridgehead atoms. The van der Waals surface area contributed by atoms with Crippen LogP contribution in [-0.2, 0) is 4.74 Å². The van der Waals surface area contributed by atoms with Gasteiger partial charge in [-0.3, -0.25) is 0 Å². The van der Waals surface area contributed by atoms with E-state index in [1.54, 1.807) is 12.1 Å². The van der Waals surface area contributed by atoms with Crippen molar-refractivity contribution >= 4 is 31.9 Å². The monoisotopic (exact) mass is 392 g/mol. The Morgan fingerprint density at radius 3 is 2.53 bits per heavy atom. The first-order chi connectivity index (χ1) is 9.06. The average molecular weight is 394 g/mol. The summed E-state index contributed by atoms with van der Waals surface area (Å²) in [6, 6.07) is 3.34. The smallest absolute Gasteiger partial charge is 0.197 e. The Labute approximate surface area is 130 Å². The van der Waals surface area contributed by atoms with Crippen LogP contribution in [0.15, 0.2) is 21.1 Å². The van der Waals surface area contributed by atoms with E-state index in [9.17, 15) is 5.11 Å². The summed E-state index contributed by atoms with van der Waals surface area (Å²) in [5.41, 5.74) is 0. The molecule has 0 amide bonds. The topological polar surface area (TPSA) is 38.7 Å². The van der Waals surface area contributed by atoms with E-state index < -0.39 is 0 Å². The molecule has 5 heteroatoms. The van der Waals surface area contributed by atoms with Crippen molar-refractivity contribution in [3.8, 4) is 11.5 Å². The van der Waals surface area contributed by atoms with Gasteiger partial charge in [-0.1, -0.05) is 19.3 Å². The van der Waals surface area contributed by atoms with Crippen molar-refractivity contribution in [1.29, 1.82) is 0 Å². The van der Waals surface area contributed by atoms with E-state index in [0.717, 1.165) is 17.3 Å². The van der Waals surface area contributed by atoms with Gasteiger partial charge in [0.15, 0.2) is 6.29 Å². The Kier molecular flexibility index (Phi) is 5.54. The number of benzene rings is 1. The SMILES string of the molecule is CC(Oc1cc(O)c(Br)cc1Br)OC1CCCCC1. The Morgan fingerprint density at radius 1 is 1.16 bits per heavy atom. The van der Waals surface area contributed by atoms with Crippen molar-refractivity contribution in [2.24, 2.45) is 0 Å². The van der Waals surface area contributed by atoms with Crippen molar-refractivity contribution in [1.82, 2.24) is 0 Å². The van der Waals surface area contributed by atoms with Gasteiger partial charge in [0.25, 0.3) is 0 Å². The molecule has 1 fully saturated rings. The summed E-state index contributed by atoms with van der Waals surface area (Å²) in [4.78, 5) is 0. The predicted molar refractivity (Wildman–Crippen MR) is 81.6 cm³/mol.